The molecule has 0 atom stereocenters. The van der Waals surface area contributed by atoms with Crippen molar-refractivity contribution in [2.24, 2.45) is 5.73 Å². The smallest absolute Gasteiger partial charge is 0.119 e. The number of rotatable bonds is 8. The number of nitrogens with one attached hydrogen (secondary N) is 1. The second-order valence-corrected chi connectivity index (χ2v) is 5.62. The van der Waals surface area contributed by atoms with E-state index in [-0.39, 0.29) is 5.84 Å². The van der Waals surface area contributed by atoms with E-state index in [1.165, 1.54) is 0 Å². The van der Waals surface area contributed by atoms with Crippen LogP contribution in [0.3, 0.4) is 0 Å². The molecule has 1 aromatic rings. The molecule has 0 fully saturated rings. The van der Waals surface area contributed by atoms with Gasteiger partial charge in [-0.25, -0.2) is 0 Å². The minimum Gasteiger partial charge on any atom is -0.492 e. The minimum atomic E-state index is 0.236. The largest absolute Gasteiger partial charge is 0.492 e. The number of hydrogen-bond donors (Lipinski definition) is 2. The molecular weight excluding hydrogens is 306 g/mol. The molecule has 0 unspecified atom stereocenters. The lowest BCUT2D eigenvalue weighted by Crippen LogP contribution is -2.36. The van der Waals surface area contributed by atoms with Crippen LogP contribution >= 0.6 is 15.9 Å². The van der Waals surface area contributed by atoms with Crippen molar-refractivity contribution in [2.75, 3.05) is 19.7 Å². The van der Waals surface area contributed by atoms with Crippen molar-refractivity contribution < 1.29 is 4.74 Å². The number of nitrogens with two attached hydrogens (primary N) is 1. The fourth-order valence-corrected chi connectivity index (χ4v) is 1.97. The molecule has 19 heavy (non-hydrogen) atoms. The van der Waals surface area contributed by atoms with Gasteiger partial charge in [0.2, 0.25) is 0 Å². The van der Waals surface area contributed by atoms with E-state index < -0.39 is 0 Å². The summed E-state index contributed by atoms with van der Waals surface area (Å²) in [5.41, 5.74) is 5.40. The highest BCUT2D eigenvalue weighted by atomic mass is 79.9. The van der Waals surface area contributed by atoms with E-state index in [4.69, 9.17) is 15.9 Å². The second kappa shape index (κ2) is 8.17. The molecule has 1 aromatic carbocycles. The number of hydrogen-bond acceptors (Lipinski definition) is 3. The van der Waals surface area contributed by atoms with E-state index in [1.54, 1.807) is 0 Å². The fourth-order valence-electron chi connectivity index (χ4n) is 1.70. The summed E-state index contributed by atoms with van der Waals surface area (Å²) < 4.78 is 6.75. The molecule has 0 aliphatic heterocycles. The molecule has 5 heteroatoms. The maximum Gasteiger partial charge on any atom is 0.119 e. The molecule has 0 heterocycles. The highest BCUT2D eigenvalue weighted by Crippen LogP contribution is 2.16. The normalized spacial score (nSPS) is 11.0. The van der Waals surface area contributed by atoms with Crippen molar-refractivity contribution in [1.29, 1.82) is 5.41 Å². The van der Waals surface area contributed by atoms with Crippen molar-refractivity contribution in [3.8, 4) is 5.75 Å². The predicted octanol–water partition coefficient (Wildman–Crippen LogP) is 2.86. The molecule has 106 valence electrons. The van der Waals surface area contributed by atoms with Gasteiger partial charge in [-0.1, -0.05) is 15.9 Å². The van der Waals surface area contributed by atoms with Crippen molar-refractivity contribution in [3.63, 3.8) is 0 Å². The van der Waals surface area contributed by atoms with E-state index in [0.717, 1.165) is 23.3 Å². The summed E-state index contributed by atoms with van der Waals surface area (Å²) in [5, 5.41) is 7.28. The van der Waals surface area contributed by atoms with Gasteiger partial charge in [0.15, 0.2) is 0 Å². The molecule has 1 rings (SSSR count). The van der Waals surface area contributed by atoms with E-state index in [2.05, 4.69) is 34.7 Å². The number of halogens is 1. The van der Waals surface area contributed by atoms with Crippen LogP contribution in [0.25, 0.3) is 0 Å². The number of nitrogens with zero attached hydrogens (tertiary/aromatic N) is 1. The summed E-state index contributed by atoms with van der Waals surface area (Å²) in [7, 11) is 0. The van der Waals surface area contributed by atoms with Gasteiger partial charge in [0.25, 0.3) is 0 Å². The van der Waals surface area contributed by atoms with Crippen LogP contribution in [0.2, 0.25) is 0 Å². The van der Waals surface area contributed by atoms with Crippen LogP contribution < -0.4 is 10.5 Å². The average Bonchev–Trinajstić information content (AvgIpc) is 2.35. The Labute approximate surface area is 123 Å². The third kappa shape index (κ3) is 6.59. The quantitative estimate of drug-likeness (QED) is 0.570. The first-order valence-corrected chi connectivity index (χ1v) is 7.23. The Morgan fingerprint density at radius 3 is 2.47 bits per heavy atom. The molecule has 0 amide bonds. The van der Waals surface area contributed by atoms with Gasteiger partial charge in [0.1, 0.15) is 12.4 Å². The zero-order valence-corrected chi connectivity index (χ0v) is 13.1. The Morgan fingerprint density at radius 2 is 1.95 bits per heavy atom. The van der Waals surface area contributed by atoms with Gasteiger partial charge in [-0.3, -0.25) is 10.3 Å². The Bertz CT molecular complexity index is 392. The lowest BCUT2D eigenvalue weighted by Gasteiger charge is -2.26. The van der Waals surface area contributed by atoms with Crippen molar-refractivity contribution in [1.82, 2.24) is 4.90 Å². The molecule has 3 N–H and O–H groups in total. The summed E-state index contributed by atoms with van der Waals surface area (Å²) >= 11 is 3.39. The molecule has 0 aromatic heterocycles. The van der Waals surface area contributed by atoms with Crippen LogP contribution in [0.4, 0.5) is 0 Å². The summed E-state index contributed by atoms with van der Waals surface area (Å²) in [6.07, 6.45) is 0.608. The highest BCUT2D eigenvalue weighted by molar-refractivity contribution is 9.10. The van der Waals surface area contributed by atoms with Gasteiger partial charge in [0.05, 0.1) is 5.84 Å². The van der Waals surface area contributed by atoms with Crippen LogP contribution in [-0.2, 0) is 0 Å². The third-order valence-electron chi connectivity index (χ3n) is 2.86. The van der Waals surface area contributed by atoms with Gasteiger partial charge in [-0.05, 0) is 38.1 Å². The predicted molar refractivity (Wildman–Crippen MR) is 82.9 cm³/mol. The van der Waals surface area contributed by atoms with E-state index in [9.17, 15) is 0 Å². The molecule has 0 saturated heterocycles. The van der Waals surface area contributed by atoms with Gasteiger partial charge < -0.3 is 10.5 Å². The lowest BCUT2D eigenvalue weighted by atomic mass is 10.2. The van der Waals surface area contributed by atoms with E-state index in [1.807, 2.05) is 24.3 Å². The minimum absolute atomic E-state index is 0.236. The SMILES string of the molecule is CC(C)N(CCOc1ccc(Br)cc1)CCC(=N)N. The van der Waals surface area contributed by atoms with Crippen LogP contribution in [0.1, 0.15) is 20.3 Å². The standard InChI is InChI=1S/C14H22BrN3O/c1-11(2)18(8-7-14(16)17)9-10-19-13-5-3-12(15)4-6-13/h3-6,11H,7-10H2,1-2H3,(H3,16,17). The number of benzene rings is 1. The first kappa shape index (κ1) is 16.0. The molecule has 4 nitrogen and oxygen atoms in total. The topological polar surface area (TPSA) is 62.3 Å². The van der Waals surface area contributed by atoms with E-state index in [0.29, 0.717) is 19.1 Å². The molecule has 0 bridgehead atoms. The summed E-state index contributed by atoms with van der Waals surface area (Å²) in [6.45, 7) is 6.55. The zero-order chi connectivity index (χ0) is 14.3. The molecule has 0 spiro atoms. The Balaban J connectivity index is 2.35. The van der Waals surface area contributed by atoms with Crippen molar-refractivity contribution >= 4 is 21.8 Å². The number of ether oxygens (including phenoxy) is 1. The zero-order valence-electron chi connectivity index (χ0n) is 11.5. The van der Waals surface area contributed by atoms with Crippen LogP contribution in [0, 0.1) is 5.41 Å². The fraction of sp³-hybridized carbons (Fsp3) is 0.500. The lowest BCUT2D eigenvalue weighted by molar-refractivity contribution is 0.180. The van der Waals surface area contributed by atoms with Crippen LogP contribution in [-0.4, -0.2) is 36.5 Å². The molecular formula is C14H22BrN3O. The summed E-state index contributed by atoms with van der Waals surface area (Å²) in [6, 6.07) is 8.24. The Morgan fingerprint density at radius 1 is 1.32 bits per heavy atom. The van der Waals surface area contributed by atoms with Crippen molar-refractivity contribution in [2.45, 2.75) is 26.3 Å². The van der Waals surface area contributed by atoms with Gasteiger partial charge in [-0.2, -0.15) is 0 Å². The summed E-state index contributed by atoms with van der Waals surface area (Å²) in [4.78, 5) is 2.26. The van der Waals surface area contributed by atoms with Crippen molar-refractivity contribution in [3.05, 3.63) is 28.7 Å². The maximum atomic E-state index is 7.28. The van der Waals surface area contributed by atoms with Gasteiger partial charge >= 0.3 is 0 Å². The van der Waals surface area contributed by atoms with Crippen LogP contribution in [0.5, 0.6) is 5.75 Å². The second-order valence-electron chi connectivity index (χ2n) is 4.71. The maximum absolute atomic E-state index is 7.28. The monoisotopic (exact) mass is 327 g/mol. The van der Waals surface area contributed by atoms with Gasteiger partial charge in [0, 0.05) is 30.0 Å². The molecule has 0 saturated carbocycles. The average molecular weight is 328 g/mol. The highest BCUT2D eigenvalue weighted by Gasteiger charge is 2.09. The summed E-state index contributed by atoms with van der Waals surface area (Å²) in [5.74, 6) is 1.11. The van der Waals surface area contributed by atoms with E-state index >= 15 is 0 Å². The number of amidine groups is 1. The first-order valence-electron chi connectivity index (χ1n) is 6.44. The Kier molecular flexibility index (Phi) is 6.87. The van der Waals surface area contributed by atoms with Crippen LogP contribution in [0.15, 0.2) is 28.7 Å². The first-order chi connectivity index (χ1) is 8.99. The molecule has 0 aliphatic rings. The third-order valence-corrected chi connectivity index (χ3v) is 3.39. The molecule has 0 radical (unpaired) electrons. The van der Waals surface area contributed by atoms with Gasteiger partial charge in [-0.15, -0.1) is 0 Å². The Hall–Kier alpha value is -1.07. The molecule has 0 aliphatic carbocycles.